The fraction of sp³-hybridized carbons (Fsp3) is 0.533. The second-order valence-corrected chi connectivity index (χ2v) is 5.56. The smallest absolute Gasteiger partial charge is 0.224 e. The maximum absolute atomic E-state index is 11.4. The minimum atomic E-state index is -0.00415. The predicted octanol–water partition coefficient (Wildman–Crippen LogP) is 3.53. The third-order valence-electron chi connectivity index (χ3n) is 3.63. The Morgan fingerprint density at radius 3 is 3.00 bits per heavy atom. The van der Waals surface area contributed by atoms with E-state index in [0.717, 1.165) is 31.0 Å². The van der Waals surface area contributed by atoms with Crippen LogP contribution in [0.15, 0.2) is 18.2 Å². The van der Waals surface area contributed by atoms with Gasteiger partial charge in [-0.05, 0) is 31.5 Å². The van der Waals surface area contributed by atoms with Crippen LogP contribution in [0.2, 0.25) is 5.02 Å². The highest BCUT2D eigenvalue weighted by Gasteiger charge is 2.22. The molecule has 0 aromatic heterocycles. The van der Waals surface area contributed by atoms with E-state index >= 15 is 0 Å². The molecule has 2 atom stereocenters. The summed E-state index contributed by atoms with van der Waals surface area (Å²) in [6, 6.07) is 5.77. The molecule has 1 amide bonds. The van der Waals surface area contributed by atoms with E-state index in [9.17, 15) is 4.79 Å². The number of ether oxygens (including phenoxy) is 1. The van der Waals surface area contributed by atoms with Gasteiger partial charge >= 0.3 is 0 Å². The van der Waals surface area contributed by atoms with Crippen molar-refractivity contribution in [2.24, 2.45) is 5.92 Å². The molecule has 110 valence electrons. The van der Waals surface area contributed by atoms with Gasteiger partial charge in [0.15, 0.2) is 0 Å². The third kappa shape index (κ3) is 3.87. The van der Waals surface area contributed by atoms with Gasteiger partial charge in [-0.3, -0.25) is 4.79 Å². The summed E-state index contributed by atoms with van der Waals surface area (Å²) < 4.78 is 5.41. The number of anilines is 2. The Hall–Kier alpha value is -1.26. The molecule has 1 aliphatic rings. The van der Waals surface area contributed by atoms with E-state index < -0.39 is 0 Å². The fourth-order valence-corrected chi connectivity index (χ4v) is 2.45. The van der Waals surface area contributed by atoms with Gasteiger partial charge in [0.05, 0.1) is 17.3 Å². The Balaban J connectivity index is 2.05. The first-order chi connectivity index (χ1) is 9.60. The summed E-state index contributed by atoms with van der Waals surface area (Å²) in [5.74, 6) is 0.496. The van der Waals surface area contributed by atoms with Crippen molar-refractivity contribution in [3.8, 4) is 0 Å². The van der Waals surface area contributed by atoms with E-state index in [4.69, 9.17) is 16.3 Å². The standard InChI is InChI=1S/C15H21ClN2O2/c1-3-15(19)18-12-4-5-13(16)14(8-12)17-10(2)11-6-7-20-9-11/h4-5,8,10-11,17H,3,6-7,9H2,1-2H3,(H,18,19). The third-order valence-corrected chi connectivity index (χ3v) is 3.96. The monoisotopic (exact) mass is 296 g/mol. The molecular formula is C15H21ClN2O2. The van der Waals surface area contributed by atoms with Gasteiger partial charge in [-0.15, -0.1) is 0 Å². The van der Waals surface area contributed by atoms with Crippen LogP contribution in [0.3, 0.4) is 0 Å². The molecule has 2 unspecified atom stereocenters. The number of hydrogen-bond donors (Lipinski definition) is 2. The highest BCUT2D eigenvalue weighted by molar-refractivity contribution is 6.33. The molecule has 0 spiro atoms. The molecule has 1 aliphatic heterocycles. The van der Waals surface area contributed by atoms with Crippen LogP contribution in [0, 0.1) is 5.92 Å². The van der Waals surface area contributed by atoms with Gasteiger partial charge in [-0.1, -0.05) is 18.5 Å². The summed E-state index contributed by atoms with van der Waals surface area (Å²) in [7, 11) is 0. The summed E-state index contributed by atoms with van der Waals surface area (Å²) in [6.07, 6.45) is 1.53. The number of benzene rings is 1. The first kappa shape index (κ1) is 15.1. The van der Waals surface area contributed by atoms with E-state index in [2.05, 4.69) is 17.6 Å². The van der Waals surface area contributed by atoms with Gasteiger partial charge < -0.3 is 15.4 Å². The molecule has 4 nitrogen and oxygen atoms in total. The molecule has 1 aromatic rings. The van der Waals surface area contributed by atoms with Crippen LogP contribution in [0.25, 0.3) is 0 Å². The Kier molecular flexibility index (Phi) is 5.26. The van der Waals surface area contributed by atoms with Gasteiger partial charge in [0.25, 0.3) is 0 Å². The lowest BCUT2D eigenvalue weighted by Gasteiger charge is -2.21. The van der Waals surface area contributed by atoms with E-state index in [-0.39, 0.29) is 11.9 Å². The maximum atomic E-state index is 11.4. The van der Waals surface area contributed by atoms with Crippen molar-refractivity contribution in [2.45, 2.75) is 32.7 Å². The predicted molar refractivity (Wildman–Crippen MR) is 82.4 cm³/mol. The topological polar surface area (TPSA) is 50.4 Å². The van der Waals surface area contributed by atoms with Crippen molar-refractivity contribution >= 4 is 28.9 Å². The first-order valence-electron chi connectivity index (χ1n) is 7.04. The molecule has 1 fully saturated rings. The number of amides is 1. The zero-order valence-electron chi connectivity index (χ0n) is 11.9. The molecule has 5 heteroatoms. The van der Waals surface area contributed by atoms with Gasteiger partial charge in [0.2, 0.25) is 5.91 Å². The largest absolute Gasteiger partial charge is 0.381 e. The molecule has 1 heterocycles. The fourth-order valence-electron chi connectivity index (χ4n) is 2.27. The minimum absolute atomic E-state index is 0.00415. The Bertz CT molecular complexity index is 473. The van der Waals surface area contributed by atoms with Crippen molar-refractivity contribution in [2.75, 3.05) is 23.8 Å². The molecule has 0 bridgehead atoms. The average molecular weight is 297 g/mol. The first-order valence-corrected chi connectivity index (χ1v) is 7.41. The number of halogens is 1. The van der Waals surface area contributed by atoms with E-state index in [1.54, 1.807) is 6.07 Å². The maximum Gasteiger partial charge on any atom is 0.224 e. The molecule has 0 saturated carbocycles. The van der Waals surface area contributed by atoms with Gasteiger partial charge in [0, 0.05) is 30.7 Å². The SMILES string of the molecule is CCC(=O)Nc1ccc(Cl)c(NC(C)C2CCOC2)c1. The zero-order valence-corrected chi connectivity index (χ0v) is 12.7. The van der Waals surface area contributed by atoms with Gasteiger partial charge in [-0.2, -0.15) is 0 Å². The van der Waals surface area contributed by atoms with Crippen molar-refractivity contribution in [3.63, 3.8) is 0 Å². The highest BCUT2D eigenvalue weighted by Crippen LogP contribution is 2.28. The lowest BCUT2D eigenvalue weighted by atomic mass is 10.0. The minimum Gasteiger partial charge on any atom is -0.381 e. The Morgan fingerprint density at radius 2 is 2.35 bits per heavy atom. The highest BCUT2D eigenvalue weighted by atomic mass is 35.5. The van der Waals surface area contributed by atoms with E-state index in [1.165, 1.54) is 0 Å². The molecule has 1 aromatic carbocycles. The van der Waals surface area contributed by atoms with Crippen LogP contribution in [0.5, 0.6) is 0 Å². The lowest BCUT2D eigenvalue weighted by molar-refractivity contribution is -0.115. The van der Waals surface area contributed by atoms with Gasteiger partial charge in [0.1, 0.15) is 0 Å². The quantitative estimate of drug-likeness (QED) is 0.874. The number of carbonyl (C=O) groups is 1. The average Bonchev–Trinajstić information content (AvgIpc) is 2.96. The number of hydrogen-bond acceptors (Lipinski definition) is 3. The summed E-state index contributed by atoms with van der Waals surface area (Å²) >= 11 is 6.21. The van der Waals surface area contributed by atoms with E-state index in [0.29, 0.717) is 17.4 Å². The van der Waals surface area contributed by atoms with Gasteiger partial charge in [-0.25, -0.2) is 0 Å². The van der Waals surface area contributed by atoms with Crippen LogP contribution in [-0.4, -0.2) is 25.2 Å². The molecule has 0 aliphatic carbocycles. The molecule has 2 N–H and O–H groups in total. The Labute approximate surface area is 124 Å². The second kappa shape index (κ2) is 6.95. The number of nitrogens with one attached hydrogen (secondary N) is 2. The van der Waals surface area contributed by atoms with Crippen LogP contribution < -0.4 is 10.6 Å². The van der Waals surface area contributed by atoms with Crippen LogP contribution in [0.4, 0.5) is 11.4 Å². The van der Waals surface area contributed by atoms with Crippen LogP contribution in [0.1, 0.15) is 26.7 Å². The summed E-state index contributed by atoms with van der Waals surface area (Å²) in [5.41, 5.74) is 1.61. The van der Waals surface area contributed by atoms with Crippen molar-refractivity contribution in [3.05, 3.63) is 23.2 Å². The molecular weight excluding hydrogens is 276 g/mol. The summed E-state index contributed by atoms with van der Waals surface area (Å²) in [5, 5.41) is 6.92. The normalized spacial score (nSPS) is 19.6. The molecule has 1 saturated heterocycles. The van der Waals surface area contributed by atoms with E-state index in [1.807, 2.05) is 19.1 Å². The zero-order chi connectivity index (χ0) is 14.5. The van der Waals surface area contributed by atoms with Crippen molar-refractivity contribution in [1.82, 2.24) is 0 Å². The molecule has 0 radical (unpaired) electrons. The molecule has 20 heavy (non-hydrogen) atoms. The second-order valence-electron chi connectivity index (χ2n) is 5.15. The number of carbonyl (C=O) groups excluding carboxylic acids is 1. The van der Waals surface area contributed by atoms with Crippen molar-refractivity contribution < 1.29 is 9.53 Å². The van der Waals surface area contributed by atoms with Crippen molar-refractivity contribution in [1.29, 1.82) is 0 Å². The Morgan fingerprint density at radius 1 is 1.55 bits per heavy atom. The molecule has 2 rings (SSSR count). The number of rotatable bonds is 5. The lowest BCUT2D eigenvalue weighted by Crippen LogP contribution is -2.26. The summed E-state index contributed by atoms with van der Waals surface area (Å²) in [4.78, 5) is 11.4. The van der Waals surface area contributed by atoms with Crippen LogP contribution in [-0.2, 0) is 9.53 Å². The summed E-state index contributed by atoms with van der Waals surface area (Å²) in [6.45, 7) is 5.58. The van der Waals surface area contributed by atoms with Crippen LogP contribution >= 0.6 is 11.6 Å².